The van der Waals surface area contributed by atoms with Gasteiger partial charge < -0.3 is 10.4 Å². The minimum atomic E-state index is -0.423. The van der Waals surface area contributed by atoms with Gasteiger partial charge in [-0.2, -0.15) is 0 Å². The highest BCUT2D eigenvalue weighted by molar-refractivity contribution is 5.85. The molecule has 2 N–H and O–H groups in total. The van der Waals surface area contributed by atoms with E-state index < -0.39 is 11.6 Å². The molecule has 1 saturated heterocycles. The molecule has 1 fully saturated rings. The number of nitrogens with one attached hydrogen (secondary N) is 1. The molecule has 0 radical (unpaired) electrons. The molecule has 1 aromatic carbocycles. The average Bonchev–Trinajstić information content (AvgIpc) is 2.49. The molecule has 2 unspecified atom stereocenters. The fourth-order valence-electron chi connectivity index (χ4n) is 1.97. The van der Waals surface area contributed by atoms with Crippen LogP contribution in [0.4, 0.5) is 4.39 Å². The van der Waals surface area contributed by atoms with Gasteiger partial charge >= 0.3 is 0 Å². The molecule has 2 nitrogen and oxygen atoms in total. The molecule has 1 aromatic rings. The fourth-order valence-corrected chi connectivity index (χ4v) is 1.97. The van der Waals surface area contributed by atoms with Crippen LogP contribution in [0.1, 0.15) is 18.9 Å². The third-order valence-corrected chi connectivity index (χ3v) is 3.02. The molecule has 15 heavy (non-hydrogen) atoms. The fraction of sp³-hybridized carbons (Fsp3) is 0.455. The van der Waals surface area contributed by atoms with E-state index in [2.05, 4.69) is 5.32 Å². The third-order valence-electron chi connectivity index (χ3n) is 3.02. The van der Waals surface area contributed by atoms with Crippen LogP contribution in [0, 0.1) is 5.82 Å². The predicted octanol–water partition coefficient (Wildman–Crippen LogP) is 1.82. The first-order chi connectivity index (χ1) is 6.63. The van der Waals surface area contributed by atoms with Gasteiger partial charge in [-0.1, -0.05) is 12.1 Å². The van der Waals surface area contributed by atoms with Gasteiger partial charge in [0, 0.05) is 0 Å². The van der Waals surface area contributed by atoms with Crippen LogP contribution in [0.2, 0.25) is 0 Å². The van der Waals surface area contributed by atoms with Gasteiger partial charge in [-0.3, -0.25) is 0 Å². The summed E-state index contributed by atoms with van der Waals surface area (Å²) in [5.41, 5.74) is 0.511. The lowest BCUT2D eigenvalue weighted by atomic mass is 9.88. The summed E-state index contributed by atoms with van der Waals surface area (Å²) in [6.45, 7) is 2.74. The van der Waals surface area contributed by atoms with Gasteiger partial charge in [-0.25, -0.2) is 4.39 Å². The van der Waals surface area contributed by atoms with Crippen molar-refractivity contribution in [2.24, 2.45) is 0 Å². The molecule has 1 aliphatic rings. The van der Waals surface area contributed by atoms with Crippen molar-refractivity contribution in [1.82, 2.24) is 5.32 Å². The van der Waals surface area contributed by atoms with E-state index in [1.807, 2.05) is 6.92 Å². The molecule has 0 amide bonds. The Balaban J connectivity index is 0.00000112. The lowest BCUT2D eigenvalue weighted by Gasteiger charge is -2.28. The Kier molecular flexibility index (Phi) is 3.71. The highest BCUT2D eigenvalue weighted by Crippen LogP contribution is 2.30. The summed E-state index contributed by atoms with van der Waals surface area (Å²) >= 11 is 0. The first-order valence-corrected chi connectivity index (χ1v) is 4.82. The quantitative estimate of drug-likeness (QED) is 0.773. The molecule has 0 aromatic heterocycles. The topological polar surface area (TPSA) is 32.3 Å². The van der Waals surface area contributed by atoms with Gasteiger partial charge in [0.2, 0.25) is 0 Å². The van der Waals surface area contributed by atoms with Crippen molar-refractivity contribution in [1.29, 1.82) is 0 Å². The van der Waals surface area contributed by atoms with Crippen LogP contribution in [0.3, 0.4) is 0 Å². The van der Waals surface area contributed by atoms with Gasteiger partial charge in [0.05, 0.1) is 11.6 Å². The van der Waals surface area contributed by atoms with Gasteiger partial charge in [0.1, 0.15) is 5.82 Å². The molecule has 4 heteroatoms. The van der Waals surface area contributed by atoms with Crippen LogP contribution >= 0.6 is 12.4 Å². The first kappa shape index (κ1) is 12.4. The van der Waals surface area contributed by atoms with E-state index in [0.29, 0.717) is 0 Å². The summed E-state index contributed by atoms with van der Waals surface area (Å²) in [7, 11) is 0. The van der Waals surface area contributed by atoms with E-state index in [4.69, 9.17) is 0 Å². The zero-order chi connectivity index (χ0) is 10.2. The minimum absolute atomic E-state index is 0. The monoisotopic (exact) mass is 231 g/mol. The Labute approximate surface area is 94.9 Å². The van der Waals surface area contributed by atoms with Crippen LogP contribution in [0.15, 0.2) is 24.3 Å². The number of benzene rings is 1. The number of aliphatic hydroxyl groups is 1. The van der Waals surface area contributed by atoms with E-state index in [1.165, 1.54) is 12.1 Å². The molecular formula is C11H15ClFNO. The predicted molar refractivity (Wildman–Crippen MR) is 59.6 cm³/mol. The SMILES string of the molecule is CC1(c2ccc(F)cc2)NCCC1O.Cl. The molecule has 0 aliphatic carbocycles. The maximum Gasteiger partial charge on any atom is 0.123 e. The summed E-state index contributed by atoms with van der Waals surface area (Å²) in [6.07, 6.45) is 0.349. The Morgan fingerprint density at radius 1 is 1.40 bits per heavy atom. The average molecular weight is 232 g/mol. The first-order valence-electron chi connectivity index (χ1n) is 4.82. The second-order valence-corrected chi connectivity index (χ2v) is 3.94. The third kappa shape index (κ3) is 2.14. The second kappa shape index (κ2) is 4.47. The van der Waals surface area contributed by atoms with Crippen molar-refractivity contribution >= 4 is 12.4 Å². The highest BCUT2D eigenvalue weighted by atomic mass is 35.5. The van der Waals surface area contributed by atoms with E-state index in [-0.39, 0.29) is 18.2 Å². The number of aliphatic hydroxyl groups excluding tert-OH is 1. The Bertz CT molecular complexity index is 330. The van der Waals surface area contributed by atoms with Gasteiger partial charge in [0.25, 0.3) is 0 Å². The van der Waals surface area contributed by atoms with Crippen LogP contribution in [-0.2, 0) is 5.54 Å². The van der Waals surface area contributed by atoms with Crippen molar-refractivity contribution in [3.8, 4) is 0 Å². The largest absolute Gasteiger partial charge is 0.391 e. The molecular weight excluding hydrogens is 217 g/mol. The lowest BCUT2D eigenvalue weighted by molar-refractivity contribution is 0.107. The zero-order valence-corrected chi connectivity index (χ0v) is 9.35. The van der Waals surface area contributed by atoms with Crippen LogP contribution in [0.5, 0.6) is 0 Å². The van der Waals surface area contributed by atoms with E-state index in [9.17, 15) is 9.50 Å². The summed E-state index contributed by atoms with van der Waals surface area (Å²) in [5.74, 6) is -0.246. The number of hydrogen-bond acceptors (Lipinski definition) is 2. The normalized spacial score (nSPS) is 29.9. The van der Waals surface area contributed by atoms with E-state index >= 15 is 0 Å². The summed E-state index contributed by atoms with van der Waals surface area (Å²) < 4.78 is 12.7. The number of halogens is 2. The Morgan fingerprint density at radius 2 is 2.00 bits per heavy atom. The van der Waals surface area contributed by atoms with Crippen molar-refractivity contribution in [3.63, 3.8) is 0 Å². The molecule has 84 valence electrons. The molecule has 2 atom stereocenters. The van der Waals surface area contributed by atoms with E-state index in [0.717, 1.165) is 18.5 Å². The molecule has 0 spiro atoms. The van der Waals surface area contributed by atoms with E-state index in [1.54, 1.807) is 12.1 Å². The molecule has 2 rings (SSSR count). The van der Waals surface area contributed by atoms with Crippen molar-refractivity contribution in [2.75, 3.05) is 6.54 Å². The number of rotatable bonds is 1. The standard InChI is InChI=1S/C11H14FNO.ClH/c1-11(10(14)6-7-13-11)8-2-4-9(12)5-3-8;/h2-5,10,13-14H,6-7H2,1H3;1H. The summed E-state index contributed by atoms with van der Waals surface area (Å²) in [5, 5.41) is 13.1. The van der Waals surface area contributed by atoms with Crippen molar-refractivity contribution in [3.05, 3.63) is 35.6 Å². The second-order valence-electron chi connectivity index (χ2n) is 3.94. The van der Waals surface area contributed by atoms with Crippen LogP contribution in [-0.4, -0.2) is 17.8 Å². The Hall–Kier alpha value is -0.640. The maximum absolute atomic E-state index is 12.7. The summed E-state index contributed by atoms with van der Waals surface area (Å²) in [4.78, 5) is 0. The molecule has 0 saturated carbocycles. The Morgan fingerprint density at radius 3 is 2.47 bits per heavy atom. The number of hydrogen-bond donors (Lipinski definition) is 2. The van der Waals surface area contributed by atoms with Gasteiger partial charge in [-0.05, 0) is 37.6 Å². The van der Waals surface area contributed by atoms with Gasteiger partial charge in [-0.15, -0.1) is 12.4 Å². The minimum Gasteiger partial charge on any atom is -0.391 e. The highest BCUT2D eigenvalue weighted by Gasteiger charge is 2.38. The summed E-state index contributed by atoms with van der Waals surface area (Å²) in [6, 6.07) is 6.29. The van der Waals surface area contributed by atoms with Gasteiger partial charge in [0.15, 0.2) is 0 Å². The molecule has 1 heterocycles. The lowest BCUT2D eigenvalue weighted by Crippen LogP contribution is -2.41. The van der Waals surface area contributed by atoms with Crippen LogP contribution in [0.25, 0.3) is 0 Å². The van der Waals surface area contributed by atoms with Crippen molar-refractivity contribution in [2.45, 2.75) is 25.0 Å². The zero-order valence-electron chi connectivity index (χ0n) is 8.53. The van der Waals surface area contributed by atoms with Crippen molar-refractivity contribution < 1.29 is 9.50 Å². The molecule has 0 bridgehead atoms. The maximum atomic E-state index is 12.7. The molecule has 1 aliphatic heterocycles. The van der Waals surface area contributed by atoms with Crippen LogP contribution < -0.4 is 5.32 Å². The smallest absolute Gasteiger partial charge is 0.123 e.